The van der Waals surface area contributed by atoms with Crippen LogP contribution in [0.1, 0.15) is 30.5 Å². The van der Waals surface area contributed by atoms with E-state index in [0.29, 0.717) is 16.9 Å². The Morgan fingerprint density at radius 3 is 2.76 bits per heavy atom. The monoisotopic (exact) mass is 460 g/mol. The Kier molecular flexibility index (Phi) is 6.09. The number of ether oxygens (including phenoxy) is 2. The number of pyridine rings is 1. The van der Waals surface area contributed by atoms with Crippen LogP contribution in [-0.2, 0) is 9.53 Å². The van der Waals surface area contributed by atoms with Gasteiger partial charge in [0.2, 0.25) is 12.0 Å². The summed E-state index contributed by atoms with van der Waals surface area (Å²) in [6.45, 7) is 3.87. The molecule has 1 amide bonds. The molecule has 11 nitrogen and oxygen atoms in total. The minimum atomic E-state index is -0.953. The van der Waals surface area contributed by atoms with Gasteiger partial charge in [-0.05, 0) is 44.7 Å². The van der Waals surface area contributed by atoms with Crippen molar-refractivity contribution in [1.82, 2.24) is 34.7 Å². The van der Waals surface area contributed by atoms with E-state index in [9.17, 15) is 4.79 Å². The first kappa shape index (κ1) is 21.8. The largest absolute Gasteiger partial charge is 0.461 e. The maximum atomic E-state index is 13.1. The number of hydrogen-bond acceptors (Lipinski definition) is 9. The Labute approximate surface area is 195 Å². The molecular weight excluding hydrogens is 436 g/mol. The van der Waals surface area contributed by atoms with Crippen LogP contribution in [0.2, 0.25) is 0 Å². The number of amides is 1. The van der Waals surface area contributed by atoms with E-state index in [4.69, 9.17) is 9.47 Å². The van der Waals surface area contributed by atoms with E-state index in [1.165, 1.54) is 12.5 Å². The van der Waals surface area contributed by atoms with Gasteiger partial charge in [-0.2, -0.15) is 5.10 Å². The quantitative estimate of drug-likeness (QED) is 0.421. The third kappa shape index (κ3) is 4.55. The predicted octanol–water partition coefficient (Wildman–Crippen LogP) is 2.57. The van der Waals surface area contributed by atoms with E-state index >= 15 is 0 Å². The number of nitrogens with one attached hydrogen (secondary N) is 1. The van der Waals surface area contributed by atoms with E-state index < -0.39 is 12.0 Å². The lowest BCUT2D eigenvalue weighted by molar-refractivity contribution is -0.128. The number of carbonyl (C=O) groups excluding carboxylic acids is 1. The van der Waals surface area contributed by atoms with Crippen LogP contribution >= 0.6 is 0 Å². The third-order valence-electron chi connectivity index (χ3n) is 5.68. The normalized spacial score (nSPS) is 14.5. The molecule has 174 valence electrons. The van der Waals surface area contributed by atoms with Crippen molar-refractivity contribution in [3.8, 4) is 11.6 Å². The molecule has 1 N–H and O–H groups in total. The topological polar surface area (TPSA) is 130 Å². The fourth-order valence-electron chi connectivity index (χ4n) is 3.49. The second-order valence-corrected chi connectivity index (χ2v) is 8.16. The summed E-state index contributed by atoms with van der Waals surface area (Å²) in [5, 5.41) is 7.77. The molecule has 0 aliphatic heterocycles. The number of fused-ring (bicyclic) bond motifs is 1. The second kappa shape index (κ2) is 9.48. The number of hydrogen-bond donors (Lipinski definition) is 1. The van der Waals surface area contributed by atoms with Gasteiger partial charge in [0.05, 0.1) is 48.9 Å². The Hall–Kier alpha value is -3.99. The number of aromatic nitrogens is 7. The highest BCUT2D eigenvalue weighted by molar-refractivity contribution is 5.94. The molecule has 1 aliphatic rings. The third-order valence-corrected chi connectivity index (χ3v) is 5.68. The van der Waals surface area contributed by atoms with Crippen LogP contribution in [0.3, 0.4) is 0 Å². The summed E-state index contributed by atoms with van der Waals surface area (Å²) < 4.78 is 13.7. The molecule has 0 saturated heterocycles. The summed E-state index contributed by atoms with van der Waals surface area (Å²) in [5.74, 6) is 0.172. The first-order chi connectivity index (χ1) is 16.6. The van der Waals surface area contributed by atoms with Crippen molar-refractivity contribution in [3.63, 3.8) is 0 Å². The summed E-state index contributed by atoms with van der Waals surface area (Å²) in [6.07, 6.45) is 11.8. The smallest absolute Gasteiger partial charge is 0.269 e. The lowest BCUT2D eigenvalue weighted by atomic mass is 9.96. The van der Waals surface area contributed by atoms with E-state index in [1.807, 2.05) is 19.9 Å². The Morgan fingerprint density at radius 2 is 2.03 bits per heavy atom. The van der Waals surface area contributed by atoms with Gasteiger partial charge in [0.15, 0.2) is 11.5 Å². The highest BCUT2D eigenvalue weighted by Gasteiger charge is 2.27. The average molecular weight is 460 g/mol. The molecule has 5 rings (SSSR count). The lowest BCUT2D eigenvalue weighted by Gasteiger charge is -2.27. The van der Waals surface area contributed by atoms with E-state index in [1.54, 1.807) is 29.5 Å². The van der Waals surface area contributed by atoms with Crippen LogP contribution in [0, 0.1) is 13.8 Å². The molecule has 11 heteroatoms. The minimum Gasteiger partial charge on any atom is -0.461 e. The number of carbonyl (C=O) groups is 1. The summed E-state index contributed by atoms with van der Waals surface area (Å²) in [5.41, 5.74) is 3.09. The molecule has 1 unspecified atom stereocenters. The predicted molar refractivity (Wildman–Crippen MR) is 123 cm³/mol. The van der Waals surface area contributed by atoms with Crippen LogP contribution in [0.5, 0.6) is 5.88 Å². The zero-order valence-electron chi connectivity index (χ0n) is 18.9. The first-order valence-electron chi connectivity index (χ1n) is 11.1. The molecule has 0 spiro atoms. The highest BCUT2D eigenvalue weighted by atomic mass is 16.5. The Balaban J connectivity index is 1.41. The lowest BCUT2D eigenvalue weighted by Crippen LogP contribution is -2.39. The summed E-state index contributed by atoms with van der Waals surface area (Å²) in [6, 6.07) is 1.90. The Bertz CT molecular complexity index is 1300. The second-order valence-electron chi connectivity index (χ2n) is 8.16. The molecule has 1 saturated carbocycles. The molecule has 34 heavy (non-hydrogen) atoms. The molecule has 4 heterocycles. The van der Waals surface area contributed by atoms with Crippen LogP contribution in [0.4, 0.5) is 5.82 Å². The maximum Gasteiger partial charge on any atom is 0.269 e. The molecule has 0 radical (unpaired) electrons. The van der Waals surface area contributed by atoms with Crippen molar-refractivity contribution in [2.45, 2.75) is 45.3 Å². The van der Waals surface area contributed by atoms with Crippen LogP contribution < -0.4 is 10.1 Å². The van der Waals surface area contributed by atoms with E-state index in [-0.39, 0.29) is 18.6 Å². The fourth-order valence-corrected chi connectivity index (χ4v) is 3.49. The number of nitrogens with zero attached hydrogens (tertiary/aromatic N) is 7. The highest BCUT2D eigenvalue weighted by Crippen LogP contribution is 2.26. The van der Waals surface area contributed by atoms with Crippen LogP contribution in [0.25, 0.3) is 16.7 Å². The van der Waals surface area contributed by atoms with Crippen molar-refractivity contribution >= 4 is 22.8 Å². The van der Waals surface area contributed by atoms with Gasteiger partial charge in [-0.25, -0.2) is 19.6 Å². The van der Waals surface area contributed by atoms with Gasteiger partial charge in [-0.3, -0.25) is 14.8 Å². The number of aryl methyl sites for hydroxylation is 2. The van der Waals surface area contributed by atoms with Crippen molar-refractivity contribution in [1.29, 1.82) is 0 Å². The molecule has 4 aromatic heterocycles. The number of anilines is 1. The van der Waals surface area contributed by atoms with Gasteiger partial charge in [0, 0.05) is 6.20 Å². The molecule has 4 aromatic rings. The minimum absolute atomic E-state index is 0.0805. The zero-order valence-corrected chi connectivity index (χ0v) is 18.9. The van der Waals surface area contributed by atoms with Gasteiger partial charge >= 0.3 is 0 Å². The molecule has 1 aliphatic carbocycles. The van der Waals surface area contributed by atoms with Crippen LogP contribution in [-0.4, -0.2) is 59.4 Å². The Morgan fingerprint density at radius 1 is 1.15 bits per heavy atom. The van der Waals surface area contributed by atoms with Crippen molar-refractivity contribution in [2.75, 3.05) is 11.9 Å². The molecule has 1 atom stereocenters. The standard InChI is InChI=1S/C23H24N8O3/c1-14-6-7-24-10-18(14)31-21-17(9-29-31)23(28-13-27-21)34-19(12-33-16-4-3-5-16)22(32)30-20-11-25-15(2)8-26-20/h6-11,13,16,19H,3-5,12H2,1-2H3,(H,26,30,32). The van der Waals surface area contributed by atoms with E-state index in [2.05, 4.69) is 35.3 Å². The van der Waals surface area contributed by atoms with Gasteiger partial charge in [0.1, 0.15) is 11.7 Å². The SMILES string of the molecule is Cc1cnc(NC(=O)C(COC2CCC2)Oc2ncnc3c2cnn3-c2cnccc2C)cn1. The first-order valence-corrected chi connectivity index (χ1v) is 11.1. The maximum absolute atomic E-state index is 13.1. The van der Waals surface area contributed by atoms with Gasteiger partial charge < -0.3 is 14.8 Å². The zero-order chi connectivity index (χ0) is 23.5. The molecule has 0 aromatic carbocycles. The van der Waals surface area contributed by atoms with Gasteiger partial charge in [-0.1, -0.05) is 0 Å². The fraction of sp³-hybridized carbons (Fsp3) is 0.348. The average Bonchev–Trinajstić information content (AvgIpc) is 3.24. The van der Waals surface area contributed by atoms with Crippen molar-refractivity contribution in [2.24, 2.45) is 0 Å². The van der Waals surface area contributed by atoms with Gasteiger partial charge in [0.25, 0.3) is 5.91 Å². The molecule has 1 fully saturated rings. The summed E-state index contributed by atoms with van der Waals surface area (Å²) in [7, 11) is 0. The van der Waals surface area contributed by atoms with Crippen LogP contribution in [0.15, 0.2) is 43.4 Å². The summed E-state index contributed by atoms with van der Waals surface area (Å²) >= 11 is 0. The van der Waals surface area contributed by atoms with Gasteiger partial charge in [-0.15, -0.1) is 0 Å². The molecular formula is C23H24N8O3. The van der Waals surface area contributed by atoms with E-state index in [0.717, 1.165) is 36.2 Å². The number of rotatable bonds is 8. The van der Waals surface area contributed by atoms with Crippen molar-refractivity contribution in [3.05, 3.63) is 54.6 Å². The molecule has 0 bridgehead atoms. The summed E-state index contributed by atoms with van der Waals surface area (Å²) in [4.78, 5) is 34.3. The van der Waals surface area contributed by atoms with Crippen molar-refractivity contribution < 1.29 is 14.3 Å².